The van der Waals surface area contributed by atoms with Crippen molar-refractivity contribution in [1.82, 2.24) is 0 Å². The predicted octanol–water partition coefficient (Wildman–Crippen LogP) is 2.37. The molecule has 0 amide bonds. The number of rotatable bonds is 2. The van der Waals surface area contributed by atoms with Gasteiger partial charge in [0.2, 0.25) is 9.84 Å². The summed E-state index contributed by atoms with van der Waals surface area (Å²) in [5, 5.41) is 8.78. The van der Waals surface area contributed by atoms with Crippen LogP contribution < -0.4 is 0 Å². The summed E-state index contributed by atoms with van der Waals surface area (Å²) in [5.74, 6) is -1.02. The van der Waals surface area contributed by atoms with Crippen molar-refractivity contribution >= 4 is 44.6 Å². The lowest BCUT2D eigenvalue weighted by Crippen LogP contribution is -2.06. The number of benzene rings is 1. The molecule has 0 aromatic heterocycles. The molecule has 0 atom stereocenters. The molecule has 0 aliphatic carbocycles. The standard InChI is InChI=1S/C7H5Cl3O3S/c8-4-1-6(10)7(2-5(4)9)14(12,13)3-11/h1-2,11H,3H2. The Balaban J connectivity index is 3.45. The highest BCUT2D eigenvalue weighted by molar-refractivity contribution is 7.91. The summed E-state index contributed by atoms with van der Waals surface area (Å²) in [6.07, 6.45) is 0. The third-order valence-electron chi connectivity index (χ3n) is 1.48. The van der Waals surface area contributed by atoms with Crippen LogP contribution in [0, 0.1) is 0 Å². The van der Waals surface area contributed by atoms with E-state index in [1.165, 1.54) is 6.07 Å². The van der Waals surface area contributed by atoms with Gasteiger partial charge in [0.1, 0.15) is 5.94 Å². The number of aliphatic hydroxyl groups excluding tert-OH is 1. The maximum Gasteiger partial charge on any atom is 0.203 e. The molecule has 0 radical (unpaired) electrons. The molecule has 1 N–H and O–H groups in total. The van der Waals surface area contributed by atoms with Crippen LogP contribution in [-0.4, -0.2) is 19.5 Å². The van der Waals surface area contributed by atoms with Gasteiger partial charge < -0.3 is 5.11 Å². The van der Waals surface area contributed by atoms with Crippen molar-refractivity contribution in [2.45, 2.75) is 4.90 Å². The Kier molecular flexibility index (Phi) is 3.66. The van der Waals surface area contributed by atoms with E-state index in [0.717, 1.165) is 6.07 Å². The van der Waals surface area contributed by atoms with Gasteiger partial charge in [0, 0.05) is 0 Å². The number of halogens is 3. The Morgan fingerprint density at radius 1 is 1.07 bits per heavy atom. The second-order valence-corrected chi connectivity index (χ2v) is 5.59. The predicted molar refractivity (Wildman–Crippen MR) is 55.7 cm³/mol. The molecule has 14 heavy (non-hydrogen) atoms. The molecule has 0 fully saturated rings. The van der Waals surface area contributed by atoms with Gasteiger partial charge in [-0.2, -0.15) is 0 Å². The molecule has 0 bridgehead atoms. The Morgan fingerprint density at radius 2 is 1.57 bits per heavy atom. The molecule has 3 nitrogen and oxygen atoms in total. The number of hydrogen-bond donors (Lipinski definition) is 1. The fourth-order valence-electron chi connectivity index (χ4n) is 0.812. The first kappa shape index (κ1) is 12.1. The molecule has 1 aromatic carbocycles. The van der Waals surface area contributed by atoms with Crippen LogP contribution in [-0.2, 0) is 9.84 Å². The molecule has 0 aliphatic rings. The molecule has 1 rings (SSSR count). The van der Waals surface area contributed by atoms with E-state index < -0.39 is 15.8 Å². The first-order chi connectivity index (χ1) is 6.38. The Hall–Kier alpha value is -0.000000000000000167. The maximum atomic E-state index is 11.2. The van der Waals surface area contributed by atoms with E-state index in [2.05, 4.69) is 0 Å². The van der Waals surface area contributed by atoms with Crippen LogP contribution in [0.1, 0.15) is 0 Å². The van der Waals surface area contributed by atoms with Crippen molar-refractivity contribution in [2.24, 2.45) is 0 Å². The quantitative estimate of drug-likeness (QED) is 0.843. The normalized spacial score (nSPS) is 11.7. The van der Waals surface area contributed by atoms with Crippen LogP contribution in [0.4, 0.5) is 0 Å². The van der Waals surface area contributed by atoms with Gasteiger partial charge in [0.25, 0.3) is 0 Å². The summed E-state index contributed by atoms with van der Waals surface area (Å²) in [6.45, 7) is 0. The smallest absolute Gasteiger partial charge is 0.203 e. The third-order valence-corrected chi connectivity index (χ3v) is 3.97. The van der Waals surface area contributed by atoms with Crippen molar-refractivity contribution in [3.8, 4) is 0 Å². The zero-order valence-corrected chi connectivity index (χ0v) is 9.75. The number of aliphatic hydroxyl groups is 1. The molecule has 0 saturated carbocycles. The average Bonchev–Trinajstić information content (AvgIpc) is 2.11. The van der Waals surface area contributed by atoms with E-state index >= 15 is 0 Å². The van der Waals surface area contributed by atoms with Gasteiger partial charge in [-0.25, -0.2) is 8.42 Å². The van der Waals surface area contributed by atoms with Crippen LogP contribution in [0.5, 0.6) is 0 Å². The van der Waals surface area contributed by atoms with Crippen LogP contribution in [0.2, 0.25) is 15.1 Å². The Morgan fingerprint density at radius 3 is 2.07 bits per heavy atom. The second kappa shape index (κ2) is 4.24. The maximum absolute atomic E-state index is 11.2. The van der Waals surface area contributed by atoms with E-state index in [4.69, 9.17) is 39.9 Å². The second-order valence-electron chi connectivity index (χ2n) is 2.44. The molecule has 0 saturated heterocycles. The lowest BCUT2D eigenvalue weighted by molar-refractivity contribution is 0.358. The highest BCUT2D eigenvalue weighted by atomic mass is 35.5. The molecule has 0 aliphatic heterocycles. The van der Waals surface area contributed by atoms with Crippen molar-refractivity contribution in [3.63, 3.8) is 0 Å². The largest absolute Gasteiger partial charge is 0.380 e. The van der Waals surface area contributed by atoms with Gasteiger partial charge in [-0.3, -0.25) is 0 Å². The van der Waals surface area contributed by atoms with Gasteiger partial charge in [-0.05, 0) is 12.1 Å². The molecule has 78 valence electrons. The van der Waals surface area contributed by atoms with Crippen molar-refractivity contribution in [2.75, 3.05) is 5.94 Å². The van der Waals surface area contributed by atoms with E-state index in [9.17, 15) is 8.42 Å². The minimum atomic E-state index is -3.79. The van der Waals surface area contributed by atoms with Crippen molar-refractivity contribution in [3.05, 3.63) is 27.2 Å². The summed E-state index contributed by atoms with van der Waals surface area (Å²) in [7, 11) is -3.79. The summed E-state index contributed by atoms with van der Waals surface area (Å²) in [6, 6.07) is 2.33. The Bertz CT molecular complexity index is 455. The van der Waals surface area contributed by atoms with Crippen molar-refractivity contribution < 1.29 is 13.5 Å². The van der Waals surface area contributed by atoms with E-state index in [1.54, 1.807) is 0 Å². The molecular weight excluding hydrogens is 270 g/mol. The monoisotopic (exact) mass is 274 g/mol. The molecule has 7 heteroatoms. The summed E-state index contributed by atoms with van der Waals surface area (Å²) < 4.78 is 22.5. The van der Waals surface area contributed by atoms with Gasteiger partial charge in [-0.1, -0.05) is 34.8 Å². The fourth-order valence-corrected chi connectivity index (χ4v) is 2.57. The van der Waals surface area contributed by atoms with Crippen molar-refractivity contribution in [1.29, 1.82) is 0 Å². The summed E-state index contributed by atoms with van der Waals surface area (Å²) in [5.41, 5.74) is 0. The summed E-state index contributed by atoms with van der Waals surface area (Å²) in [4.78, 5) is -0.226. The zero-order valence-electron chi connectivity index (χ0n) is 6.67. The van der Waals surface area contributed by atoms with E-state index in [-0.39, 0.29) is 20.0 Å². The fraction of sp³-hybridized carbons (Fsp3) is 0.143. The van der Waals surface area contributed by atoms with Gasteiger partial charge in [0.05, 0.1) is 20.0 Å². The Labute approximate surface area is 96.1 Å². The van der Waals surface area contributed by atoms with Crippen LogP contribution in [0.25, 0.3) is 0 Å². The lowest BCUT2D eigenvalue weighted by Gasteiger charge is -2.05. The topological polar surface area (TPSA) is 54.4 Å². The number of sulfone groups is 1. The molecule has 0 unspecified atom stereocenters. The SMILES string of the molecule is O=S(=O)(CO)c1cc(Cl)c(Cl)cc1Cl. The lowest BCUT2D eigenvalue weighted by atomic mass is 10.4. The van der Waals surface area contributed by atoms with Gasteiger partial charge in [-0.15, -0.1) is 0 Å². The van der Waals surface area contributed by atoms with E-state index in [1.807, 2.05) is 0 Å². The molecule has 1 aromatic rings. The third kappa shape index (κ3) is 2.32. The van der Waals surface area contributed by atoms with E-state index in [0.29, 0.717) is 0 Å². The highest BCUT2D eigenvalue weighted by Gasteiger charge is 2.18. The highest BCUT2D eigenvalue weighted by Crippen LogP contribution is 2.31. The minimum absolute atomic E-state index is 0.0616. The molecular formula is C7H5Cl3O3S. The molecule has 0 spiro atoms. The van der Waals surface area contributed by atoms with Crippen LogP contribution >= 0.6 is 34.8 Å². The average molecular weight is 276 g/mol. The summed E-state index contributed by atoms with van der Waals surface area (Å²) >= 11 is 16.8. The number of hydrogen-bond acceptors (Lipinski definition) is 3. The van der Waals surface area contributed by atoms with Crippen LogP contribution in [0.15, 0.2) is 17.0 Å². The molecule has 0 heterocycles. The minimum Gasteiger partial charge on any atom is -0.380 e. The van der Waals surface area contributed by atoms with Gasteiger partial charge in [0.15, 0.2) is 0 Å². The van der Waals surface area contributed by atoms with Gasteiger partial charge >= 0.3 is 0 Å². The van der Waals surface area contributed by atoms with Crippen LogP contribution in [0.3, 0.4) is 0 Å². The first-order valence-electron chi connectivity index (χ1n) is 3.36. The first-order valence-corrected chi connectivity index (χ1v) is 6.15. The zero-order chi connectivity index (χ0) is 10.9.